The Morgan fingerprint density at radius 1 is 1.29 bits per heavy atom. The summed E-state index contributed by atoms with van der Waals surface area (Å²) in [6, 6.07) is 4.91. The van der Waals surface area contributed by atoms with Crippen molar-refractivity contribution in [2.24, 2.45) is 0 Å². The Morgan fingerprint density at radius 2 is 1.94 bits per heavy atom. The summed E-state index contributed by atoms with van der Waals surface area (Å²) in [5.74, 6) is 0.414. The largest absolute Gasteiger partial charge is 0.482 e. The van der Waals surface area contributed by atoms with Crippen LogP contribution in [0.15, 0.2) is 18.2 Å². The van der Waals surface area contributed by atoms with Gasteiger partial charge in [-0.15, -0.1) is 0 Å². The minimum absolute atomic E-state index is 0.0109. The molecule has 0 saturated heterocycles. The van der Waals surface area contributed by atoms with Crippen LogP contribution in [0, 0.1) is 0 Å². The molecule has 1 rings (SSSR count). The van der Waals surface area contributed by atoms with E-state index < -0.39 is 0 Å². The molecule has 3 nitrogen and oxygen atoms in total. The zero-order chi connectivity index (χ0) is 12.8. The zero-order valence-corrected chi connectivity index (χ0v) is 11.4. The highest BCUT2D eigenvalue weighted by Crippen LogP contribution is 2.27. The van der Waals surface area contributed by atoms with Gasteiger partial charge in [-0.2, -0.15) is 0 Å². The molecule has 0 aliphatic carbocycles. The Bertz CT molecular complexity index is 392. The van der Waals surface area contributed by atoms with Gasteiger partial charge in [0.2, 0.25) is 0 Å². The predicted octanol–water partition coefficient (Wildman–Crippen LogP) is 3.24. The first kappa shape index (κ1) is 14.1. The minimum Gasteiger partial charge on any atom is -0.482 e. The first-order chi connectivity index (χ1) is 8.08. The topological polar surface area (TPSA) is 29.5 Å². The van der Waals surface area contributed by atoms with Gasteiger partial charge >= 0.3 is 0 Å². The average Bonchev–Trinajstić information content (AvgIpc) is 2.29. The molecule has 0 heterocycles. The van der Waals surface area contributed by atoms with Crippen molar-refractivity contribution in [3.63, 3.8) is 0 Å². The third kappa shape index (κ3) is 4.10. The van der Waals surface area contributed by atoms with Gasteiger partial charge in [0.05, 0.1) is 5.02 Å². The van der Waals surface area contributed by atoms with Crippen molar-refractivity contribution in [3.8, 4) is 5.75 Å². The summed E-state index contributed by atoms with van der Waals surface area (Å²) in [4.78, 5) is 13.4. The molecule has 0 aliphatic rings. The van der Waals surface area contributed by atoms with Crippen molar-refractivity contribution in [1.29, 1.82) is 0 Å². The molecule has 1 amide bonds. The van der Waals surface area contributed by atoms with E-state index in [1.807, 2.05) is 13.8 Å². The van der Waals surface area contributed by atoms with E-state index >= 15 is 0 Å². The van der Waals surface area contributed by atoms with Crippen LogP contribution in [0.4, 0.5) is 0 Å². The van der Waals surface area contributed by atoms with Gasteiger partial charge in [-0.05, 0) is 32.0 Å². The number of benzene rings is 1. The average molecular weight is 276 g/mol. The van der Waals surface area contributed by atoms with E-state index in [0.717, 1.165) is 0 Å². The third-order valence-electron chi connectivity index (χ3n) is 2.36. The van der Waals surface area contributed by atoms with Gasteiger partial charge in [0.25, 0.3) is 5.91 Å². The molecular formula is C12H15Cl2NO2. The van der Waals surface area contributed by atoms with Crippen LogP contribution in [-0.2, 0) is 4.79 Å². The molecule has 0 spiro atoms. The summed E-state index contributed by atoms with van der Waals surface area (Å²) in [6.07, 6.45) is 0. The summed E-state index contributed by atoms with van der Waals surface area (Å²) >= 11 is 11.7. The van der Waals surface area contributed by atoms with Crippen molar-refractivity contribution < 1.29 is 9.53 Å². The lowest BCUT2D eigenvalue weighted by Crippen LogP contribution is -2.34. The number of halogens is 2. The molecule has 17 heavy (non-hydrogen) atoms. The van der Waals surface area contributed by atoms with Crippen LogP contribution in [0.25, 0.3) is 0 Å². The molecule has 1 aromatic carbocycles. The normalized spacial score (nSPS) is 10.1. The van der Waals surface area contributed by atoms with Gasteiger partial charge in [0.15, 0.2) is 6.61 Å². The Labute approximate surface area is 111 Å². The number of amides is 1. The fourth-order valence-electron chi connectivity index (χ4n) is 1.40. The Kier molecular flexibility index (Phi) is 5.59. The molecule has 0 atom stereocenters. The highest BCUT2D eigenvalue weighted by atomic mass is 35.5. The minimum atomic E-state index is -0.0546. The number of likely N-dealkylation sites (N-methyl/N-ethyl adjacent to an activating group) is 1. The highest BCUT2D eigenvalue weighted by Gasteiger charge is 2.11. The molecule has 0 aromatic heterocycles. The number of nitrogens with zero attached hydrogens (tertiary/aromatic N) is 1. The number of rotatable bonds is 5. The van der Waals surface area contributed by atoms with Crippen molar-refractivity contribution >= 4 is 29.1 Å². The predicted molar refractivity (Wildman–Crippen MR) is 69.9 cm³/mol. The molecule has 5 heteroatoms. The summed E-state index contributed by atoms with van der Waals surface area (Å²) in [5.41, 5.74) is 0. The maximum absolute atomic E-state index is 11.7. The number of hydrogen-bond acceptors (Lipinski definition) is 2. The third-order valence-corrected chi connectivity index (χ3v) is 2.89. The SMILES string of the molecule is CCN(CC)C(=O)COc1ccc(Cl)cc1Cl. The molecule has 94 valence electrons. The molecule has 0 fully saturated rings. The van der Waals surface area contributed by atoms with Crippen molar-refractivity contribution in [1.82, 2.24) is 4.90 Å². The second kappa shape index (κ2) is 6.72. The van der Waals surface area contributed by atoms with Gasteiger partial charge in [-0.3, -0.25) is 4.79 Å². The van der Waals surface area contributed by atoms with Crippen molar-refractivity contribution in [3.05, 3.63) is 28.2 Å². The number of hydrogen-bond donors (Lipinski definition) is 0. The quantitative estimate of drug-likeness (QED) is 0.826. The van der Waals surface area contributed by atoms with E-state index in [2.05, 4.69) is 0 Å². The Morgan fingerprint density at radius 3 is 2.47 bits per heavy atom. The second-order valence-electron chi connectivity index (χ2n) is 3.43. The fourth-order valence-corrected chi connectivity index (χ4v) is 1.86. The van der Waals surface area contributed by atoms with E-state index in [0.29, 0.717) is 28.9 Å². The first-order valence-electron chi connectivity index (χ1n) is 5.44. The molecule has 0 unspecified atom stereocenters. The Balaban J connectivity index is 2.58. The summed E-state index contributed by atoms with van der Waals surface area (Å²) in [7, 11) is 0. The standard InChI is InChI=1S/C12H15Cl2NO2/c1-3-15(4-2)12(16)8-17-11-6-5-9(13)7-10(11)14/h5-7H,3-4,8H2,1-2H3. The van der Waals surface area contributed by atoms with Crippen LogP contribution >= 0.6 is 23.2 Å². The smallest absolute Gasteiger partial charge is 0.260 e. The van der Waals surface area contributed by atoms with E-state index in [1.165, 1.54) is 0 Å². The first-order valence-corrected chi connectivity index (χ1v) is 6.19. The van der Waals surface area contributed by atoms with Crippen LogP contribution in [0.3, 0.4) is 0 Å². The van der Waals surface area contributed by atoms with Crippen LogP contribution in [-0.4, -0.2) is 30.5 Å². The monoisotopic (exact) mass is 275 g/mol. The molecule has 0 N–H and O–H groups in total. The van der Waals surface area contributed by atoms with E-state index in [9.17, 15) is 4.79 Å². The van der Waals surface area contributed by atoms with Gasteiger partial charge in [-0.1, -0.05) is 23.2 Å². The lowest BCUT2D eigenvalue weighted by Gasteiger charge is -2.18. The molecule has 0 bridgehead atoms. The molecule has 0 saturated carbocycles. The summed E-state index contributed by atoms with van der Waals surface area (Å²) in [6.45, 7) is 5.19. The maximum Gasteiger partial charge on any atom is 0.260 e. The summed E-state index contributed by atoms with van der Waals surface area (Å²) in [5, 5.41) is 0.947. The maximum atomic E-state index is 11.7. The molecule has 0 radical (unpaired) electrons. The van der Waals surface area contributed by atoms with Gasteiger partial charge in [0.1, 0.15) is 5.75 Å². The zero-order valence-electron chi connectivity index (χ0n) is 9.87. The van der Waals surface area contributed by atoms with Crippen molar-refractivity contribution in [2.45, 2.75) is 13.8 Å². The Hall–Kier alpha value is -0.930. The van der Waals surface area contributed by atoms with Gasteiger partial charge < -0.3 is 9.64 Å². The highest BCUT2D eigenvalue weighted by molar-refractivity contribution is 6.35. The molecule has 0 aliphatic heterocycles. The second-order valence-corrected chi connectivity index (χ2v) is 4.27. The van der Waals surface area contributed by atoms with E-state index in [1.54, 1.807) is 23.1 Å². The molecule has 1 aromatic rings. The number of carbonyl (C=O) groups is 1. The number of ether oxygens (including phenoxy) is 1. The molecular weight excluding hydrogens is 261 g/mol. The van der Waals surface area contributed by atoms with Crippen LogP contribution in [0.2, 0.25) is 10.0 Å². The number of carbonyl (C=O) groups excluding carboxylic acids is 1. The van der Waals surface area contributed by atoms with Crippen molar-refractivity contribution in [2.75, 3.05) is 19.7 Å². The van der Waals surface area contributed by atoms with Crippen LogP contribution < -0.4 is 4.74 Å². The fraction of sp³-hybridized carbons (Fsp3) is 0.417. The lowest BCUT2D eigenvalue weighted by atomic mass is 10.3. The van der Waals surface area contributed by atoms with E-state index in [4.69, 9.17) is 27.9 Å². The van der Waals surface area contributed by atoms with Crippen LogP contribution in [0.5, 0.6) is 5.75 Å². The van der Waals surface area contributed by atoms with E-state index in [-0.39, 0.29) is 12.5 Å². The van der Waals surface area contributed by atoms with Gasteiger partial charge in [0, 0.05) is 18.1 Å². The van der Waals surface area contributed by atoms with Gasteiger partial charge in [-0.25, -0.2) is 0 Å². The van der Waals surface area contributed by atoms with Crippen LogP contribution in [0.1, 0.15) is 13.8 Å². The lowest BCUT2D eigenvalue weighted by molar-refractivity contribution is -0.132. The summed E-state index contributed by atoms with van der Waals surface area (Å²) < 4.78 is 5.36.